The van der Waals surface area contributed by atoms with Crippen LogP contribution in [-0.4, -0.2) is 40.3 Å². The van der Waals surface area contributed by atoms with Gasteiger partial charge in [-0.25, -0.2) is 4.39 Å². The average molecular weight is 523 g/mol. The molecule has 0 aromatic heterocycles. The van der Waals surface area contributed by atoms with Gasteiger partial charge < -0.3 is 29.2 Å². The normalized spacial score (nSPS) is 17.1. The topological polar surface area (TPSA) is 86.3 Å². The maximum Gasteiger partial charge on any atom is 0.229 e. The molecule has 1 saturated heterocycles. The quantitative estimate of drug-likeness (QED) is 0.433. The zero-order valence-corrected chi connectivity index (χ0v) is 22.0. The number of carbonyl (C=O) groups is 2. The van der Waals surface area contributed by atoms with Crippen molar-refractivity contribution in [3.63, 3.8) is 0 Å². The van der Waals surface area contributed by atoms with E-state index in [1.54, 1.807) is 55.3 Å². The van der Waals surface area contributed by atoms with Crippen molar-refractivity contribution in [2.75, 3.05) is 38.7 Å². The third kappa shape index (κ3) is 5.22. The number of ether oxygens (including phenoxy) is 4. The number of nitrogens with zero attached hydrogens (tertiary/aromatic N) is 1. The lowest BCUT2D eigenvalue weighted by Gasteiger charge is -2.41. The summed E-state index contributed by atoms with van der Waals surface area (Å²) in [5.74, 6) is 0.266. The number of nitrogens with one attached hydrogen (secondary N) is 1. The van der Waals surface area contributed by atoms with Crippen molar-refractivity contribution < 1.29 is 32.9 Å². The van der Waals surface area contributed by atoms with E-state index in [0.717, 1.165) is 5.56 Å². The Morgan fingerprint density at radius 1 is 0.921 bits per heavy atom. The van der Waals surface area contributed by atoms with Gasteiger partial charge in [0.1, 0.15) is 11.6 Å². The highest BCUT2D eigenvalue weighted by molar-refractivity contribution is 6.00. The van der Waals surface area contributed by atoms with Crippen molar-refractivity contribution in [3.05, 3.63) is 71.5 Å². The van der Waals surface area contributed by atoms with E-state index in [4.69, 9.17) is 18.9 Å². The second-order valence-electron chi connectivity index (χ2n) is 8.96. The van der Waals surface area contributed by atoms with Crippen LogP contribution in [0.5, 0.6) is 23.0 Å². The lowest BCUT2D eigenvalue weighted by atomic mass is 9.83. The van der Waals surface area contributed by atoms with Crippen LogP contribution in [0.4, 0.5) is 15.8 Å². The Kier molecular flexibility index (Phi) is 8.05. The summed E-state index contributed by atoms with van der Waals surface area (Å²) >= 11 is 0. The molecule has 1 aliphatic rings. The molecule has 0 aliphatic carbocycles. The van der Waals surface area contributed by atoms with E-state index in [9.17, 15) is 14.0 Å². The fraction of sp³-hybridized carbons (Fsp3) is 0.310. The molecule has 1 heterocycles. The Balaban J connectivity index is 1.81. The van der Waals surface area contributed by atoms with Crippen LogP contribution < -0.4 is 29.2 Å². The number of hydrogen-bond acceptors (Lipinski definition) is 6. The van der Waals surface area contributed by atoms with Gasteiger partial charge in [0.25, 0.3) is 0 Å². The zero-order valence-electron chi connectivity index (χ0n) is 22.0. The van der Waals surface area contributed by atoms with E-state index < -0.39 is 17.8 Å². The Labute approximate surface area is 221 Å². The van der Waals surface area contributed by atoms with Gasteiger partial charge in [-0.2, -0.15) is 0 Å². The molecule has 200 valence electrons. The van der Waals surface area contributed by atoms with Crippen molar-refractivity contribution in [2.45, 2.75) is 25.8 Å². The van der Waals surface area contributed by atoms with Gasteiger partial charge in [-0.05, 0) is 48.7 Å². The largest absolute Gasteiger partial charge is 0.497 e. The number of benzene rings is 3. The van der Waals surface area contributed by atoms with Crippen LogP contribution >= 0.6 is 0 Å². The van der Waals surface area contributed by atoms with E-state index in [-0.39, 0.29) is 18.2 Å². The van der Waals surface area contributed by atoms with Crippen molar-refractivity contribution in [3.8, 4) is 23.0 Å². The van der Waals surface area contributed by atoms with Crippen LogP contribution in [0.1, 0.15) is 30.0 Å². The van der Waals surface area contributed by atoms with Crippen molar-refractivity contribution in [2.24, 2.45) is 5.92 Å². The van der Waals surface area contributed by atoms with Crippen molar-refractivity contribution in [1.29, 1.82) is 0 Å². The highest BCUT2D eigenvalue weighted by Crippen LogP contribution is 2.46. The van der Waals surface area contributed by atoms with E-state index >= 15 is 0 Å². The second kappa shape index (κ2) is 11.4. The first-order chi connectivity index (χ1) is 18.3. The molecular weight excluding hydrogens is 491 g/mol. The molecule has 0 bridgehead atoms. The summed E-state index contributed by atoms with van der Waals surface area (Å²) in [5.41, 5.74) is 2.06. The molecule has 0 spiro atoms. The summed E-state index contributed by atoms with van der Waals surface area (Å²) in [6, 6.07) is 14.5. The predicted molar refractivity (Wildman–Crippen MR) is 142 cm³/mol. The van der Waals surface area contributed by atoms with E-state index in [1.807, 2.05) is 12.1 Å². The van der Waals surface area contributed by atoms with Gasteiger partial charge in [0.05, 0.1) is 46.1 Å². The zero-order chi connectivity index (χ0) is 27.4. The average Bonchev–Trinajstić information content (AvgIpc) is 2.93. The third-order valence-corrected chi connectivity index (χ3v) is 6.76. The minimum Gasteiger partial charge on any atom is -0.497 e. The molecule has 8 nitrogen and oxygen atoms in total. The van der Waals surface area contributed by atoms with Crippen LogP contribution in [-0.2, 0) is 9.59 Å². The van der Waals surface area contributed by atoms with Gasteiger partial charge >= 0.3 is 0 Å². The van der Waals surface area contributed by atoms with Crippen molar-refractivity contribution in [1.82, 2.24) is 0 Å². The van der Waals surface area contributed by atoms with Gasteiger partial charge in [-0.15, -0.1) is 0 Å². The summed E-state index contributed by atoms with van der Waals surface area (Å²) in [7, 11) is 6.06. The highest BCUT2D eigenvalue weighted by Gasteiger charge is 2.42. The van der Waals surface area contributed by atoms with Crippen molar-refractivity contribution >= 4 is 23.2 Å². The fourth-order valence-electron chi connectivity index (χ4n) is 4.77. The lowest BCUT2D eigenvalue weighted by Crippen LogP contribution is -2.47. The Bertz CT molecular complexity index is 1300. The lowest BCUT2D eigenvalue weighted by molar-refractivity contribution is -0.125. The van der Waals surface area contributed by atoms with Crippen LogP contribution in [0, 0.1) is 18.7 Å². The van der Waals surface area contributed by atoms with Gasteiger partial charge in [0.15, 0.2) is 11.5 Å². The molecular formula is C29H31FN2O6. The van der Waals surface area contributed by atoms with Crippen LogP contribution in [0.3, 0.4) is 0 Å². The molecule has 0 unspecified atom stereocenters. The van der Waals surface area contributed by atoms with Gasteiger partial charge in [-0.3, -0.25) is 9.59 Å². The molecule has 1 aliphatic heterocycles. The van der Waals surface area contributed by atoms with Gasteiger partial charge in [0, 0.05) is 24.2 Å². The monoisotopic (exact) mass is 522 g/mol. The molecule has 4 rings (SSSR count). The van der Waals surface area contributed by atoms with Gasteiger partial charge in [0.2, 0.25) is 17.6 Å². The summed E-state index contributed by atoms with van der Waals surface area (Å²) in [6.07, 6.45) is 0.459. The van der Waals surface area contributed by atoms with E-state index in [2.05, 4.69) is 5.32 Å². The maximum absolute atomic E-state index is 14.2. The molecule has 3 aromatic carbocycles. The number of piperidine rings is 1. The minimum atomic E-state index is -0.666. The number of anilines is 2. The molecule has 0 radical (unpaired) electrons. The number of hydrogen-bond donors (Lipinski definition) is 1. The number of halogens is 1. The van der Waals surface area contributed by atoms with Gasteiger partial charge in [-0.1, -0.05) is 18.2 Å². The summed E-state index contributed by atoms with van der Waals surface area (Å²) in [4.78, 5) is 28.7. The Morgan fingerprint density at radius 2 is 1.58 bits per heavy atom. The van der Waals surface area contributed by atoms with E-state index in [1.165, 1.54) is 27.4 Å². The Hall–Kier alpha value is -4.27. The summed E-state index contributed by atoms with van der Waals surface area (Å²) < 4.78 is 36.0. The summed E-state index contributed by atoms with van der Waals surface area (Å²) in [6.45, 7) is 1.66. The molecule has 2 amide bonds. The SMILES string of the molecule is COc1ccc([C@@H]2[C@@H](C(=O)Nc3ccc(C)c(F)c3)CCC(=O)N2c2cc(OC)c(OC)c(OC)c2)cc1. The third-order valence-electron chi connectivity index (χ3n) is 6.76. The molecule has 2 atom stereocenters. The standard InChI is InChI=1S/C29H31FN2O6/c1-17-6-9-19(14-23(17)30)31-29(34)22-12-13-26(33)32(27(22)18-7-10-21(35-2)11-8-18)20-15-24(36-3)28(38-5)25(16-20)37-4/h6-11,14-16,22,27H,12-13H2,1-5H3,(H,31,34)/t22-,27+/m0/s1. The number of carbonyl (C=O) groups excluding carboxylic acids is 2. The predicted octanol–water partition coefficient (Wildman–Crippen LogP) is 5.29. The molecule has 3 aromatic rings. The summed E-state index contributed by atoms with van der Waals surface area (Å²) in [5, 5.41) is 2.84. The first-order valence-corrected chi connectivity index (χ1v) is 12.1. The van der Waals surface area contributed by atoms with E-state index in [0.29, 0.717) is 46.4 Å². The number of rotatable bonds is 8. The smallest absolute Gasteiger partial charge is 0.229 e. The molecule has 0 saturated carbocycles. The molecule has 1 fully saturated rings. The molecule has 1 N–H and O–H groups in total. The maximum atomic E-state index is 14.2. The number of amides is 2. The fourth-order valence-corrected chi connectivity index (χ4v) is 4.77. The second-order valence-corrected chi connectivity index (χ2v) is 8.96. The van der Waals surface area contributed by atoms with Crippen LogP contribution in [0.15, 0.2) is 54.6 Å². The number of methoxy groups -OCH3 is 4. The first kappa shape index (κ1) is 26.8. The van der Waals surface area contributed by atoms with Crippen LogP contribution in [0.2, 0.25) is 0 Å². The highest BCUT2D eigenvalue weighted by atomic mass is 19.1. The first-order valence-electron chi connectivity index (χ1n) is 12.1. The minimum absolute atomic E-state index is 0.143. The molecule has 9 heteroatoms. The Morgan fingerprint density at radius 3 is 2.13 bits per heavy atom. The van der Waals surface area contributed by atoms with Crippen LogP contribution in [0.25, 0.3) is 0 Å². The molecule has 38 heavy (non-hydrogen) atoms. The number of aryl methyl sites for hydroxylation is 1.